The first-order valence-electron chi connectivity index (χ1n) is 3.67. The van der Waals surface area contributed by atoms with E-state index >= 15 is 0 Å². The first-order chi connectivity index (χ1) is 6.66. The zero-order chi connectivity index (χ0) is 10.1. The van der Waals surface area contributed by atoms with Crippen LogP contribution >= 0.6 is 0 Å². The first kappa shape index (κ1) is 8.23. The summed E-state index contributed by atoms with van der Waals surface area (Å²) in [7, 11) is 0. The van der Waals surface area contributed by atoms with Crippen molar-refractivity contribution in [3.63, 3.8) is 0 Å². The van der Waals surface area contributed by atoms with Crippen molar-refractivity contribution in [1.82, 2.24) is 20.2 Å². The van der Waals surface area contributed by atoms with E-state index in [-0.39, 0.29) is 11.8 Å². The Morgan fingerprint density at radius 3 is 2.86 bits per heavy atom. The predicted molar refractivity (Wildman–Crippen MR) is 47.2 cm³/mol. The number of hydrogen-bond donors (Lipinski definition) is 3. The van der Waals surface area contributed by atoms with Gasteiger partial charge in [-0.1, -0.05) is 5.10 Å². The van der Waals surface area contributed by atoms with Gasteiger partial charge in [0.05, 0.1) is 18.0 Å². The van der Waals surface area contributed by atoms with Gasteiger partial charge in [0, 0.05) is 0 Å². The fraction of sp³-hybridized carbons (Fsp3) is 0. The van der Waals surface area contributed by atoms with Gasteiger partial charge in [-0.05, 0) is 4.92 Å². The van der Waals surface area contributed by atoms with Crippen LogP contribution in [0, 0.1) is 10.1 Å². The van der Waals surface area contributed by atoms with E-state index in [2.05, 4.69) is 20.2 Å². The zero-order valence-electron chi connectivity index (χ0n) is 6.89. The molecule has 2 heterocycles. The summed E-state index contributed by atoms with van der Waals surface area (Å²) in [6.45, 7) is 0. The molecule has 0 unspecified atom stereocenters. The molecule has 0 fully saturated rings. The molecule has 0 bridgehead atoms. The molecule has 2 aromatic rings. The minimum absolute atomic E-state index is 0.173. The Balaban J connectivity index is 2.38. The summed E-state index contributed by atoms with van der Waals surface area (Å²) >= 11 is 0. The number of nitrogen functional groups attached to an aromatic ring is 1. The van der Waals surface area contributed by atoms with Crippen molar-refractivity contribution < 1.29 is 4.92 Å². The standard InChI is InChI=1S/C6H6N6O2/c7-6-8-2-4(9-6)3-1-5(11-10-3)12(13)14/h1-2H,(H,10,11)(H3,7,8,9). The predicted octanol–water partition coefficient (Wildman–Crippen LogP) is 0.290. The Kier molecular flexibility index (Phi) is 1.67. The molecule has 0 spiro atoms. The van der Waals surface area contributed by atoms with E-state index in [9.17, 15) is 10.1 Å². The normalized spacial score (nSPS) is 10.3. The fourth-order valence-corrected chi connectivity index (χ4v) is 1.01. The molecule has 4 N–H and O–H groups in total. The van der Waals surface area contributed by atoms with E-state index in [0.717, 1.165) is 0 Å². The van der Waals surface area contributed by atoms with Gasteiger partial charge in [-0.2, -0.15) is 0 Å². The highest BCUT2D eigenvalue weighted by Gasteiger charge is 2.12. The molecule has 0 saturated heterocycles. The van der Waals surface area contributed by atoms with Crippen LogP contribution in [0.1, 0.15) is 0 Å². The summed E-state index contributed by atoms with van der Waals surface area (Å²) in [5, 5.41) is 16.3. The molecule has 14 heavy (non-hydrogen) atoms. The molecule has 8 heteroatoms. The van der Waals surface area contributed by atoms with Crippen molar-refractivity contribution in [1.29, 1.82) is 0 Å². The third-order valence-electron chi connectivity index (χ3n) is 1.63. The van der Waals surface area contributed by atoms with Crippen molar-refractivity contribution in [3.05, 3.63) is 22.4 Å². The first-order valence-corrected chi connectivity index (χ1v) is 3.67. The Morgan fingerprint density at radius 1 is 1.57 bits per heavy atom. The second-order valence-corrected chi connectivity index (χ2v) is 2.58. The average Bonchev–Trinajstić information content (AvgIpc) is 2.70. The maximum absolute atomic E-state index is 10.3. The number of anilines is 1. The van der Waals surface area contributed by atoms with E-state index in [1.165, 1.54) is 12.3 Å². The lowest BCUT2D eigenvalue weighted by molar-refractivity contribution is -0.389. The Morgan fingerprint density at radius 2 is 2.36 bits per heavy atom. The minimum atomic E-state index is -0.559. The minimum Gasteiger partial charge on any atom is -0.369 e. The number of imidazole rings is 1. The summed E-state index contributed by atoms with van der Waals surface area (Å²) in [5.41, 5.74) is 6.28. The van der Waals surface area contributed by atoms with E-state index in [1.807, 2.05) is 0 Å². The van der Waals surface area contributed by atoms with E-state index in [1.54, 1.807) is 0 Å². The SMILES string of the molecule is Nc1ncc(-c2cc([N+](=O)[O-])[nH]n2)[nH]1. The van der Waals surface area contributed by atoms with Crippen LogP contribution in [0.3, 0.4) is 0 Å². The zero-order valence-corrected chi connectivity index (χ0v) is 6.89. The Labute approximate surface area is 77.3 Å². The van der Waals surface area contributed by atoms with E-state index < -0.39 is 4.92 Å². The topological polar surface area (TPSA) is 127 Å². The number of hydrogen-bond acceptors (Lipinski definition) is 5. The number of nitrogens with two attached hydrogens (primary N) is 1. The Hall–Kier alpha value is -2.38. The maximum Gasteiger partial charge on any atom is 0.343 e. The average molecular weight is 194 g/mol. The summed E-state index contributed by atoms with van der Waals surface area (Å²) in [6, 6.07) is 1.30. The van der Waals surface area contributed by atoms with Crippen LogP contribution < -0.4 is 5.73 Å². The molecule has 0 atom stereocenters. The van der Waals surface area contributed by atoms with Gasteiger partial charge in [-0.3, -0.25) is 0 Å². The quantitative estimate of drug-likeness (QED) is 0.467. The highest BCUT2D eigenvalue weighted by molar-refractivity contribution is 5.57. The molecule has 0 aliphatic heterocycles. The van der Waals surface area contributed by atoms with Gasteiger partial charge in [0.1, 0.15) is 5.69 Å². The number of nitrogens with one attached hydrogen (secondary N) is 2. The second-order valence-electron chi connectivity index (χ2n) is 2.58. The lowest BCUT2D eigenvalue weighted by atomic mass is 10.3. The van der Waals surface area contributed by atoms with Crippen LogP contribution in [0.2, 0.25) is 0 Å². The van der Waals surface area contributed by atoms with Crippen LogP contribution in [0.5, 0.6) is 0 Å². The van der Waals surface area contributed by atoms with Gasteiger partial charge in [0.15, 0.2) is 5.95 Å². The van der Waals surface area contributed by atoms with Crippen molar-refractivity contribution >= 4 is 11.8 Å². The third kappa shape index (κ3) is 1.28. The highest BCUT2D eigenvalue weighted by Crippen LogP contribution is 2.18. The number of aromatic amines is 2. The molecule has 0 saturated carbocycles. The van der Waals surface area contributed by atoms with Crippen molar-refractivity contribution in [3.8, 4) is 11.4 Å². The number of nitro groups is 1. The Bertz CT molecular complexity index is 472. The van der Waals surface area contributed by atoms with Gasteiger partial charge in [-0.15, -0.1) is 5.10 Å². The van der Waals surface area contributed by atoms with Gasteiger partial charge in [0.2, 0.25) is 0 Å². The van der Waals surface area contributed by atoms with Crippen LogP contribution in [-0.2, 0) is 0 Å². The van der Waals surface area contributed by atoms with Gasteiger partial charge >= 0.3 is 5.82 Å². The van der Waals surface area contributed by atoms with Gasteiger partial charge in [-0.25, -0.2) is 4.98 Å². The van der Waals surface area contributed by atoms with E-state index in [0.29, 0.717) is 11.4 Å². The molecule has 8 nitrogen and oxygen atoms in total. The highest BCUT2D eigenvalue weighted by atomic mass is 16.6. The fourth-order valence-electron chi connectivity index (χ4n) is 1.01. The van der Waals surface area contributed by atoms with Crippen molar-refractivity contribution in [2.45, 2.75) is 0 Å². The third-order valence-corrected chi connectivity index (χ3v) is 1.63. The molecule has 2 rings (SSSR count). The van der Waals surface area contributed by atoms with Crippen LogP contribution in [0.4, 0.5) is 11.8 Å². The van der Waals surface area contributed by atoms with Crippen LogP contribution in [0.15, 0.2) is 12.3 Å². The monoisotopic (exact) mass is 194 g/mol. The summed E-state index contributed by atoms with van der Waals surface area (Å²) in [6.07, 6.45) is 1.45. The number of rotatable bonds is 2. The molecule has 0 aliphatic rings. The van der Waals surface area contributed by atoms with Gasteiger partial charge < -0.3 is 20.8 Å². The van der Waals surface area contributed by atoms with Crippen molar-refractivity contribution in [2.24, 2.45) is 0 Å². The number of nitrogens with zero attached hydrogens (tertiary/aromatic N) is 3. The molecule has 0 amide bonds. The summed E-state index contributed by atoms with van der Waals surface area (Å²) in [4.78, 5) is 16.2. The second kappa shape index (κ2) is 2.83. The van der Waals surface area contributed by atoms with Gasteiger partial charge in [0.25, 0.3) is 0 Å². The van der Waals surface area contributed by atoms with E-state index in [4.69, 9.17) is 5.73 Å². The molecule has 0 aromatic carbocycles. The molecule has 72 valence electrons. The number of aromatic nitrogens is 4. The molecular formula is C6H6N6O2. The maximum atomic E-state index is 10.3. The molecule has 0 aliphatic carbocycles. The molecule has 2 aromatic heterocycles. The van der Waals surface area contributed by atoms with Crippen molar-refractivity contribution in [2.75, 3.05) is 5.73 Å². The molecule has 0 radical (unpaired) electrons. The summed E-state index contributed by atoms with van der Waals surface area (Å²) in [5.74, 6) is 0.0684. The van der Waals surface area contributed by atoms with Crippen LogP contribution in [0.25, 0.3) is 11.4 Å². The number of H-pyrrole nitrogens is 2. The largest absolute Gasteiger partial charge is 0.369 e. The smallest absolute Gasteiger partial charge is 0.343 e. The molecular weight excluding hydrogens is 188 g/mol. The lowest BCUT2D eigenvalue weighted by Crippen LogP contribution is -1.86. The summed E-state index contributed by atoms with van der Waals surface area (Å²) < 4.78 is 0. The van der Waals surface area contributed by atoms with Crippen LogP contribution in [-0.4, -0.2) is 25.1 Å². The lowest BCUT2D eigenvalue weighted by Gasteiger charge is -1.85.